The standard InChI is InChI=1S/C18H20N4O3/c1-5-12-8-13(7-6-11(12)2)25-15-9-14(19-10-20-15)22-16(23)18(3,4)21-17(22)24/h6-10H,5H2,1-4H3,(H,21,24). The van der Waals surface area contributed by atoms with Gasteiger partial charge in [0.25, 0.3) is 5.91 Å². The number of urea groups is 1. The van der Waals surface area contributed by atoms with Gasteiger partial charge in [0, 0.05) is 6.07 Å². The van der Waals surface area contributed by atoms with Gasteiger partial charge >= 0.3 is 6.03 Å². The molecule has 1 aliphatic rings. The van der Waals surface area contributed by atoms with Crippen molar-refractivity contribution >= 4 is 17.8 Å². The van der Waals surface area contributed by atoms with Crippen LogP contribution in [0, 0.1) is 6.92 Å². The molecule has 7 heteroatoms. The molecule has 0 atom stereocenters. The van der Waals surface area contributed by atoms with Gasteiger partial charge in [0.2, 0.25) is 5.88 Å². The van der Waals surface area contributed by atoms with Gasteiger partial charge in [0.15, 0.2) is 5.82 Å². The quantitative estimate of drug-likeness (QED) is 0.865. The van der Waals surface area contributed by atoms with Gasteiger partial charge in [-0.3, -0.25) is 4.79 Å². The van der Waals surface area contributed by atoms with E-state index < -0.39 is 11.6 Å². The lowest BCUT2D eigenvalue weighted by Gasteiger charge is -2.15. The van der Waals surface area contributed by atoms with E-state index in [4.69, 9.17) is 4.74 Å². The molecule has 0 radical (unpaired) electrons. The molecule has 0 saturated carbocycles. The summed E-state index contributed by atoms with van der Waals surface area (Å²) in [7, 11) is 0. The van der Waals surface area contributed by atoms with Gasteiger partial charge in [0.05, 0.1) is 0 Å². The molecular formula is C18H20N4O3. The number of amides is 3. The molecule has 1 aliphatic heterocycles. The number of hydrogen-bond acceptors (Lipinski definition) is 5. The van der Waals surface area contributed by atoms with Crippen LogP contribution in [0.25, 0.3) is 0 Å². The number of nitrogens with one attached hydrogen (secondary N) is 1. The number of ether oxygens (including phenoxy) is 1. The highest BCUT2D eigenvalue weighted by Crippen LogP contribution is 2.27. The highest BCUT2D eigenvalue weighted by atomic mass is 16.5. The van der Waals surface area contributed by atoms with Crippen LogP contribution in [0.1, 0.15) is 31.9 Å². The van der Waals surface area contributed by atoms with Crippen molar-refractivity contribution in [3.63, 3.8) is 0 Å². The largest absolute Gasteiger partial charge is 0.439 e. The lowest BCUT2D eigenvalue weighted by molar-refractivity contribution is -0.121. The van der Waals surface area contributed by atoms with Crippen LogP contribution in [-0.2, 0) is 11.2 Å². The highest BCUT2D eigenvalue weighted by molar-refractivity contribution is 6.22. The first-order valence-corrected chi connectivity index (χ1v) is 8.08. The molecule has 130 valence electrons. The molecule has 7 nitrogen and oxygen atoms in total. The molecule has 1 fully saturated rings. The molecule has 1 saturated heterocycles. The van der Waals surface area contributed by atoms with Crippen molar-refractivity contribution in [2.75, 3.05) is 4.90 Å². The zero-order valence-corrected chi connectivity index (χ0v) is 14.7. The van der Waals surface area contributed by atoms with Gasteiger partial charge < -0.3 is 10.1 Å². The summed E-state index contributed by atoms with van der Waals surface area (Å²) in [5.41, 5.74) is 1.41. The fourth-order valence-electron chi connectivity index (χ4n) is 2.68. The Labute approximate surface area is 146 Å². The summed E-state index contributed by atoms with van der Waals surface area (Å²) in [4.78, 5) is 33.6. The molecular weight excluding hydrogens is 320 g/mol. The van der Waals surface area contributed by atoms with Crippen molar-refractivity contribution in [3.8, 4) is 11.6 Å². The summed E-state index contributed by atoms with van der Waals surface area (Å²) >= 11 is 0. The summed E-state index contributed by atoms with van der Waals surface area (Å²) in [6.07, 6.45) is 2.17. The van der Waals surface area contributed by atoms with Gasteiger partial charge in [-0.05, 0) is 50.5 Å². The Morgan fingerprint density at radius 3 is 2.60 bits per heavy atom. The second-order valence-electron chi connectivity index (χ2n) is 6.45. The van der Waals surface area contributed by atoms with Crippen LogP contribution in [0.5, 0.6) is 11.6 Å². The van der Waals surface area contributed by atoms with E-state index in [2.05, 4.69) is 22.2 Å². The first-order chi connectivity index (χ1) is 11.8. The van der Waals surface area contributed by atoms with E-state index in [9.17, 15) is 9.59 Å². The molecule has 25 heavy (non-hydrogen) atoms. The van der Waals surface area contributed by atoms with E-state index in [-0.39, 0.29) is 17.6 Å². The van der Waals surface area contributed by atoms with Gasteiger partial charge in [0.1, 0.15) is 17.6 Å². The van der Waals surface area contributed by atoms with E-state index in [0.717, 1.165) is 11.3 Å². The van der Waals surface area contributed by atoms with Crippen LogP contribution in [-0.4, -0.2) is 27.4 Å². The lowest BCUT2D eigenvalue weighted by atomic mass is 10.1. The van der Waals surface area contributed by atoms with Crippen LogP contribution in [0.15, 0.2) is 30.6 Å². The summed E-state index contributed by atoms with van der Waals surface area (Å²) in [6, 6.07) is 6.75. The molecule has 0 aliphatic carbocycles. The molecule has 0 spiro atoms. The minimum atomic E-state index is -0.962. The van der Waals surface area contributed by atoms with Crippen LogP contribution < -0.4 is 15.0 Å². The van der Waals surface area contributed by atoms with Crippen LogP contribution in [0.2, 0.25) is 0 Å². The Balaban J connectivity index is 1.88. The number of benzene rings is 1. The summed E-state index contributed by atoms with van der Waals surface area (Å²) in [5.74, 6) is 0.720. The Morgan fingerprint density at radius 2 is 1.96 bits per heavy atom. The van der Waals surface area contributed by atoms with Crippen molar-refractivity contribution in [2.45, 2.75) is 39.7 Å². The molecule has 1 N–H and O–H groups in total. The Morgan fingerprint density at radius 1 is 1.20 bits per heavy atom. The first kappa shape index (κ1) is 16.9. The lowest BCUT2D eigenvalue weighted by Crippen LogP contribution is -2.40. The maximum Gasteiger partial charge on any atom is 0.330 e. The number of imide groups is 1. The fraction of sp³-hybridized carbons (Fsp3) is 0.333. The number of rotatable bonds is 4. The van der Waals surface area contributed by atoms with Crippen molar-refractivity contribution in [1.29, 1.82) is 0 Å². The Hall–Kier alpha value is -2.96. The SMILES string of the molecule is CCc1cc(Oc2cc(N3C(=O)NC(C)(C)C3=O)ncn2)ccc1C. The molecule has 1 aromatic heterocycles. The number of carbonyl (C=O) groups is 2. The monoisotopic (exact) mass is 340 g/mol. The van der Waals surface area contributed by atoms with Crippen LogP contribution in [0.3, 0.4) is 0 Å². The summed E-state index contributed by atoms with van der Waals surface area (Å²) < 4.78 is 5.78. The van der Waals surface area contributed by atoms with Crippen molar-refractivity contribution < 1.29 is 14.3 Å². The molecule has 1 aromatic carbocycles. The van der Waals surface area contributed by atoms with E-state index in [1.54, 1.807) is 13.8 Å². The van der Waals surface area contributed by atoms with E-state index in [1.165, 1.54) is 23.5 Å². The maximum atomic E-state index is 12.4. The van der Waals surface area contributed by atoms with E-state index in [1.807, 2.05) is 25.1 Å². The second kappa shape index (κ2) is 6.16. The van der Waals surface area contributed by atoms with E-state index >= 15 is 0 Å². The first-order valence-electron chi connectivity index (χ1n) is 8.08. The second-order valence-corrected chi connectivity index (χ2v) is 6.45. The maximum absolute atomic E-state index is 12.4. The number of aromatic nitrogens is 2. The van der Waals surface area contributed by atoms with Crippen molar-refractivity contribution in [1.82, 2.24) is 15.3 Å². The molecule has 0 unspecified atom stereocenters. The number of carbonyl (C=O) groups excluding carboxylic acids is 2. The zero-order chi connectivity index (χ0) is 18.2. The van der Waals surface area contributed by atoms with Gasteiger partial charge in [-0.25, -0.2) is 19.7 Å². The van der Waals surface area contributed by atoms with Crippen molar-refractivity contribution in [2.24, 2.45) is 0 Å². The molecule has 3 rings (SSSR count). The Kier molecular flexibility index (Phi) is 4.16. The molecule has 2 aromatic rings. The summed E-state index contributed by atoms with van der Waals surface area (Å²) in [5, 5.41) is 2.62. The third-order valence-electron chi connectivity index (χ3n) is 4.14. The molecule has 0 bridgehead atoms. The smallest absolute Gasteiger partial charge is 0.330 e. The van der Waals surface area contributed by atoms with Gasteiger partial charge in [-0.2, -0.15) is 0 Å². The number of nitrogens with zero attached hydrogens (tertiary/aromatic N) is 3. The Bertz CT molecular complexity index is 848. The van der Waals surface area contributed by atoms with Gasteiger partial charge in [-0.15, -0.1) is 0 Å². The topological polar surface area (TPSA) is 84.4 Å². The minimum Gasteiger partial charge on any atom is -0.439 e. The zero-order valence-electron chi connectivity index (χ0n) is 14.7. The third-order valence-corrected chi connectivity index (χ3v) is 4.14. The third kappa shape index (κ3) is 3.17. The number of aryl methyl sites for hydroxylation is 2. The van der Waals surface area contributed by atoms with E-state index in [0.29, 0.717) is 5.75 Å². The average molecular weight is 340 g/mol. The normalized spacial score (nSPS) is 16.1. The molecule has 3 amide bonds. The number of hydrogen-bond donors (Lipinski definition) is 1. The molecule has 2 heterocycles. The number of anilines is 1. The van der Waals surface area contributed by atoms with Crippen LogP contribution in [0.4, 0.5) is 10.6 Å². The van der Waals surface area contributed by atoms with Crippen molar-refractivity contribution in [3.05, 3.63) is 41.7 Å². The summed E-state index contributed by atoms with van der Waals surface area (Å²) in [6.45, 7) is 7.41. The predicted octanol–water partition coefficient (Wildman–Crippen LogP) is 2.97. The highest BCUT2D eigenvalue weighted by Gasteiger charge is 2.45. The van der Waals surface area contributed by atoms with Crippen LogP contribution >= 0.6 is 0 Å². The fourth-order valence-corrected chi connectivity index (χ4v) is 2.68. The average Bonchev–Trinajstić information content (AvgIpc) is 2.77. The van der Waals surface area contributed by atoms with Gasteiger partial charge in [-0.1, -0.05) is 13.0 Å². The minimum absolute atomic E-state index is 0.181. The predicted molar refractivity (Wildman–Crippen MR) is 92.8 cm³/mol.